The van der Waals surface area contributed by atoms with E-state index in [2.05, 4.69) is 4.72 Å². The Morgan fingerprint density at radius 3 is 2.28 bits per heavy atom. The highest BCUT2D eigenvalue weighted by Crippen LogP contribution is 2.33. The predicted octanol–water partition coefficient (Wildman–Crippen LogP) is 4.92. The van der Waals surface area contributed by atoms with E-state index in [1.807, 2.05) is 18.2 Å². The molecule has 0 aromatic heterocycles. The maximum Gasteiger partial charge on any atom is 0.262 e. The average Bonchev–Trinajstić information content (AvgIpc) is 2.70. The minimum atomic E-state index is -3.90. The van der Waals surface area contributed by atoms with Gasteiger partial charge in [0.15, 0.2) is 5.75 Å². The van der Waals surface area contributed by atoms with Crippen molar-refractivity contribution in [3.8, 4) is 11.5 Å². The Balaban J connectivity index is 1.88. The Morgan fingerprint density at radius 2 is 1.66 bits per heavy atom. The summed E-state index contributed by atoms with van der Waals surface area (Å²) in [6.07, 6.45) is 0. The van der Waals surface area contributed by atoms with Crippen molar-refractivity contribution in [1.29, 1.82) is 0 Å². The first-order chi connectivity index (χ1) is 13.8. The van der Waals surface area contributed by atoms with Crippen LogP contribution in [0, 0.1) is 0 Å². The second-order valence-corrected chi connectivity index (χ2v) is 8.35. The number of ether oxygens (including phenoxy) is 1. The molecule has 1 amide bonds. The number of anilines is 2. The van der Waals surface area contributed by atoms with Crippen molar-refractivity contribution in [2.75, 3.05) is 16.7 Å². The van der Waals surface area contributed by atoms with Crippen molar-refractivity contribution >= 4 is 38.9 Å². The third-order valence-corrected chi connectivity index (χ3v) is 5.78. The summed E-state index contributed by atoms with van der Waals surface area (Å²) in [7, 11) is -2.29. The standard InChI is InChI=1S/C21H19ClN2O4S/c1-15(25)24(2)17-9-11-19(12-10-17)29(26,27)23-20-14-16(22)8-13-21(20)28-18-6-4-3-5-7-18/h3-14,23H,1-2H3. The van der Waals surface area contributed by atoms with Gasteiger partial charge in [-0.2, -0.15) is 0 Å². The maximum absolute atomic E-state index is 12.8. The van der Waals surface area contributed by atoms with E-state index in [0.29, 0.717) is 22.2 Å². The lowest BCUT2D eigenvalue weighted by Crippen LogP contribution is -2.22. The first-order valence-corrected chi connectivity index (χ1v) is 10.5. The van der Waals surface area contributed by atoms with Gasteiger partial charge in [-0.05, 0) is 54.6 Å². The van der Waals surface area contributed by atoms with Crippen LogP contribution in [-0.4, -0.2) is 21.4 Å². The van der Waals surface area contributed by atoms with E-state index in [4.69, 9.17) is 16.3 Å². The first kappa shape index (κ1) is 20.7. The lowest BCUT2D eigenvalue weighted by atomic mass is 10.3. The third kappa shape index (κ3) is 5.07. The number of carbonyl (C=O) groups is 1. The number of amides is 1. The normalized spacial score (nSPS) is 11.0. The molecule has 0 aliphatic rings. The summed E-state index contributed by atoms with van der Waals surface area (Å²) in [6.45, 7) is 1.43. The van der Waals surface area contributed by atoms with Gasteiger partial charge in [0.2, 0.25) is 5.91 Å². The van der Waals surface area contributed by atoms with Crippen LogP contribution in [0.15, 0.2) is 77.7 Å². The molecule has 1 N–H and O–H groups in total. The summed E-state index contributed by atoms with van der Waals surface area (Å²) in [5.41, 5.74) is 0.804. The molecule has 0 saturated heterocycles. The largest absolute Gasteiger partial charge is 0.455 e. The lowest BCUT2D eigenvalue weighted by Gasteiger charge is -2.16. The summed E-state index contributed by atoms with van der Waals surface area (Å²) in [6, 6.07) is 19.7. The number of para-hydroxylation sites is 1. The maximum atomic E-state index is 12.8. The van der Waals surface area contributed by atoms with Gasteiger partial charge in [-0.1, -0.05) is 29.8 Å². The summed E-state index contributed by atoms with van der Waals surface area (Å²) < 4.78 is 34.0. The van der Waals surface area contributed by atoms with Crippen LogP contribution in [0.4, 0.5) is 11.4 Å². The predicted molar refractivity (Wildman–Crippen MR) is 114 cm³/mol. The molecule has 0 aliphatic heterocycles. The fourth-order valence-electron chi connectivity index (χ4n) is 2.52. The van der Waals surface area contributed by atoms with Crippen molar-refractivity contribution in [2.24, 2.45) is 0 Å². The molecule has 3 aromatic carbocycles. The van der Waals surface area contributed by atoms with E-state index in [1.54, 1.807) is 43.4 Å². The molecule has 3 aromatic rings. The zero-order valence-corrected chi connectivity index (χ0v) is 17.4. The molecule has 6 nitrogen and oxygen atoms in total. The van der Waals surface area contributed by atoms with Gasteiger partial charge >= 0.3 is 0 Å². The molecule has 0 aliphatic carbocycles. The van der Waals surface area contributed by atoms with E-state index in [9.17, 15) is 13.2 Å². The second-order valence-electron chi connectivity index (χ2n) is 6.23. The highest BCUT2D eigenvalue weighted by molar-refractivity contribution is 7.92. The van der Waals surface area contributed by atoms with Crippen LogP contribution in [0.1, 0.15) is 6.92 Å². The number of benzene rings is 3. The van der Waals surface area contributed by atoms with E-state index >= 15 is 0 Å². The summed E-state index contributed by atoms with van der Waals surface area (Å²) in [5.74, 6) is 0.726. The topological polar surface area (TPSA) is 75.7 Å². The van der Waals surface area contributed by atoms with Crippen molar-refractivity contribution < 1.29 is 17.9 Å². The van der Waals surface area contributed by atoms with Gasteiger partial charge in [0, 0.05) is 24.7 Å². The van der Waals surface area contributed by atoms with E-state index in [1.165, 1.54) is 30.0 Å². The monoisotopic (exact) mass is 430 g/mol. The summed E-state index contributed by atoms with van der Waals surface area (Å²) in [4.78, 5) is 12.9. The molecule has 0 unspecified atom stereocenters. The van der Waals surface area contributed by atoms with Crippen LogP contribution in [0.2, 0.25) is 5.02 Å². The molecule has 0 saturated carbocycles. The minimum Gasteiger partial charge on any atom is -0.455 e. The van der Waals surface area contributed by atoms with Gasteiger partial charge in [-0.15, -0.1) is 0 Å². The number of hydrogen-bond acceptors (Lipinski definition) is 4. The van der Waals surface area contributed by atoms with Gasteiger partial charge in [0.05, 0.1) is 10.6 Å². The molecule has 0 bridgehead atoms. The third-order valence-electron chi connectivity index (χ3n) is 4.16. The molecule has 0 heterocycles. The Labute approximate surface area is 174 Å². The van der Waals surface area contributed by atoms with Gasteiger partial charge < -0.3 is 9.64 Å². The molecular weight excluding hydrogens is 412 g/mol. The van der Waals surface area contributed by atoms with Crippen LogP contribution in [0.25, 0.3) is 0 Å². The lowest BCUT2D eigenvalue weighted by molar-refractivity contribution is -0.116. The van der Waals surface area contributed by atoms with Crippen molar-refractivity contribution in [3.05, 3.63) is 77.8 Å². The quantitative estimate of drug-likeness (QED) is 0.602. The molecule has 3 rings (SSSR count). The molecule has 8 heteroatoms. The van der Waals surface area contributed by atoms with E-state index in [0.717, 1.165) is 0 Å². The van der Waals surface area contributed by atoms with Crippen molar-refractivity contribution in [2.45, 2.75) is 11.8 Å². The van der Waals surface area contributed by atoms with Gasteiger partial charge in [-0.3, -0.25) is 9.52 Å². The Morgan fingerprint density at radius 1 is 1.00 bits per heavy atom. The molecule has 0 fully saturated rings. The van der Waals surface area contributed by atoms with Crippen LogP contribution < -0.4 is 14.4 Å². The first-order valence-electron chi connectivity index (χ1n) is 8.66. The number of hydrogen-bond donors (Lipinski definition) is 1. The Kier molecular flexibility index (Phi) is 6.10. The number of carbonyl (C=O) groups excluding carboxylic acids is 1. The summed E-state index contributed by atoms with van der Waals surface area (Å²) >= 11 is 6.05. The molecule has 0 atom stereocenters. The summed E-state index contributed by atoms with van der Waals surface area (Å²) in [5, 5.41) is 0.363. The Bertz CT molecular complexity index is 1120. The zero-order chi connectivity index (χ0) is 21.0. The zero-order valence-electron chi connectivity index (χ0n) is 15.8. The van der Waals surface area contributed by atoms with Crippen molar-refractivity contribution in [1.82, 2.24) is 0 Å². The fraction of sp³-hybridized carbons (Fsp3) is 0.0952. The van der Waals surface area contributed by atoms with Crippen molar-refractivity contribution in [3.63, 3.8) is 0 Å². The van der Waals surface area contributed by atoms with Crippen LogP contribution in [0.3, 0.4) is 0 Å². The van der Waals surface area contributed by atoms with E-state index < -0.39 is 10.0 Å². The van der Waals surface area contributed by atoms with Crippen LogP contribution in [0.5, 0.6) is 11.5 Å². The number of halogens is 1. The Hall–Kier alpha value is -3.03. The fourth-order valence-corrected chi connectivity index (χ4v) is 3.75. The van der Waals surface area contributed by atoms with Crippen LogP contribution in [-0.2, 0) is 14.8 Å². The number of nitrogens with zero attached hydrogens (tertiary/aromatic N) is 1. The van der Waals surface area contributed by atoms with Gasteiger partial charge in [-0.25, -0.2) is 8.42 Å². The number of sulfonamides is 1. The smallest absolute Gasteiger partial charge is 0.262 e. The molecule has 0 radical (unpaired) electrons. The van der Waals surface area contributed by atoms with E-state index in [-0.39, 0.29) is 16.5 Å². The molecule has 0 spiro atoms. The molecule has 29 heavy (non-hydrogen) atoms. The average molecular weight is 431 g/mol. The SMILES string of the molecule is CC(=O)N(C)c1ccc(S(=O)(=O)Nc2cc(Cl)ccc2Oc2ccccc2)cc1. The van der Waals surface area contributed by atoms with Crippen LogP contribution >= 0.6 is 11.6 Å². The minimum absolute atomic E-state index is 0.0452. The molecular formula is C21H19ClN2O4S. The molecule has 150 valence electrons. The number of rotatable bonds is 6. The van der Waals surface area contributed by atoms with Gasteiger partial charge in [0.1, 0.15) is 5.75 Å². The highest BCUT2D eigenvalue weighted by Gasteiger charge is 2.18. The second kappa shape index (κ2) is 8.55. The highest BCUT2D eigenvalue weighted by atomic mass is 35.5. The van der Waals surface area contributed by atoms with Gasteiger partial charge in [0.25, 0.3) is 10.0 Å². The number of nitrogens with one attached hydrogen (secondary N) is 1.